The van der Waals surface area contributed by atoms with E-state index in [1.165, 1.54) is 29.3 Å². The first kappa shape index (κ1) is 18.9. The Morgan fingerprint density at radius 1 is 1.14 bits per heavy atom. The average molecular weight is 405 g/mol. The van der Waals surface area contributed by atoms with Crippen LogP contribution < -0.4 is 15.6 Å². The number of thiophene rings is 1. The third kappa shape index (κ3) is 3.64. The number of fused-ring (bicyclic) bond motifs is 1. The lowest BCUT2D eigenvalue weighted by Crippen LogP contribution is -2.31. The predicted molar refractivity (Wildman–Crippen MR) is 116 cm³/mol. The molecular formula is C22H19N3O3S. The van der Waals surface area contributed by atoms with Gasteiger partial charge in [0, 0.05) is 4.88 Å². The zero-order valence-electron chi connectivity index (χ0n) is 16.0. The summed E-state index contributed by atoms with van der Waals surface area (Å²) in [6.07, 6.45) is 1.43. The van der Waals surface area contributed by atoms with E-state index in [1.807, 2.05) is 42.5 Å². The SMILES string of the molecule is COc1ccccc1NC(=O)C(C)n1cnc2sc(-c3ccccc3)cc2c1=O. The Morgan fingerprint density at radius 2 is 1.86 bits per heavy atom. The Balaban J connectivity index is 1.65. The largest absolute Gasteiger partial charge is 0.495 e. The Hall–Kier alpha value is -3.45. The van der Waals surface area contributed by atoms with Gasteiger partial charge in [-0.1, -0.05) is 42.5 Å². The number of anilines is 1. The molecule has 0 bridgehead atoms. The Bertz CT molecular complexity index is 1230. The molecule has 4 rings (SSSR count). The van der Waals surface area contributed by atoms with E-state index in [0.717, 1.165) is 10.4 Å². The number of ether oxygens (including phenoxy) is 1. The fourth-order valence-corrected chi connectivity index (χ4v) is 4.06. The quantitative estimate of drug-likeness (QED) is 0.536. The Labute approximate surface area is 171 Å². The van der Waals surface area contributed by atoms with E-state index >= 15 is 0 Å². The van der Waals surface area contributed by atoms with Gasteiger partial charge in [0.05, 0.1) is 24.5 Å². The Kier molecular flexibility index (Phi) is 5.14. The number of hydrogen-bond donors (Lipinski definition) is 1. The number of carbonyl (C=O) groups excluding carboxylic acids is 1. The van der Waals surface area contributed by atoms with Crippen molar-refractivity contribution in [3.63, 3.8) is 0 Å². The number of para-hydroxylation sites is 2. The molecule has 0 fully saturated rings. The predicted octanol–water partition coefficient (Wildman–Crippen LogP) is 4.33. The molecule has 1 atom stereocenters. The average Bonchev–Trinajstić information content (AvgIpc) is 3.20. The number of carbonyl (C=O) groups is 1. The van der Waals surface area contributed by atoms with Crippen LogP contribution in [0.4, 0.5) is 5.69 Å². The van der Waals surface area contributed by atoms with Crippen LogP contribution in [0.2, 0.25) is 0 Å². The van der Waals surface area contributed by atoms with Crippen LogP contribution in [-0.4, -0.2) is 22.6 Å². The summed E-state index contributed by atoms with van der Waals surface area (Å²) >= 11 is 1.46. The van der Waals surface area contributed by atoms with Gasteiger partial charge < -0.3 is 10.1 Å². The molecule has 2 heterocycles. The minimum atomic E-state index is -0.732. The van der Waals surface area contributed by atoms with Crippen LogP contribution in [0.5, 0.6) is 5.75 Å². The molecule has 0 saturated carbocycles. The van der Waals surface area contributed by atoms with E-state index < -0.39 is 6.04 Å². The second-order valence-electron chi connectivity index (χ2n) is 6.52. The molecule has 0 saturated heterocycles. The van der Waals surface area contributed by atoms with Crippen molar-refractivity contribution >= 4 is 33.1 Å². The van der Waals surface area contributed by atoms with Crippen molar-refractivity contribution in [1.29, 1.82) is 0 Å². The van der Waals surface area contributed by atoms with Gasteiger partial charge in [0.1, 0.15) is 16.6 Å². The molecule has 0 aliphatic rings. The van der Waals surface area contributed by atoms with Crippen LogP contribution >= 0.6 is 11.3 Å². The van der Waals surface area contributed by atoms with Crippen LogP contribution in [0.1, 0.15) is 13.0 Å². The van der Waals surface area contributed by atoms with E-state index in [9.17, 15) is 9.59 Å². The fraction of sp³-hybridized carbons (Fsp3) is 0.136. The smallest absolute Gasteiger partial charge is 0.262 e. The van der Waals surface area contributed by atoms with Gasteiger partial charge in [0.25, 0.3) is 5.56 Å². The standard InChI is InChI=1S/C22H19N3O3S/c1-14(20(26)24-17-10-6-7-11-18(17)28-2)25-13-23-21-16(22(25)27)12-19(29-21)15-8-4-3-5-9-15/h3-14H,1-2H3,(H,24,26). The lowest BCUT2D eigenvalue weighted by molar-refractivity contribution is -0.118. The summed E-state index contributed by atoms with van der Waals surface area (Å²) in [5.41, 5.74) is 1.34. The molecule has 0 spiro atoms. The van der Waals surface area contributed by atoms with Crippen molar-refractivity contribution in [2.75, 3.05) is 12.4 Å². The van der Waals surface area contributed by atoms with Gasteiger partial charge in [-0.05, 0) is 30.7 Å². The summed E-state index contributed by atoms with van der Waals surface area (Å²) < 4.78 is 6.62. The van der Waals surface area contributed by atoms with Crippen LogP contribution in [0.15, 0.2) is 71.8 Å². The maximum Gasteiger partial charge on any atom is 0.262 e. The van der Waals surface area contributed by atoms with Crippen LogP contribution in [-0.2, 0) is 4.79 Å². The minimum Gasteiger partial charge on any atom is -0.495 e. The molecule has 29 heavy (non-hydrogen) atoms. The third-order valence-electron chi connectivity index (χ3n) is 4.70. The minimum absolute atomic E-state index is 0.240. The highest BCUT2D eigenvalue weighted by molar-refractivity contribution is 7.21. The molecule has 0 radical (unpaired) electrons. The van der Waals surface area contributed by atoms with E-state index in [-0.39, 0.29) is 11.5 Å². The van der Waals surface area contributed by atoms with Crippen molar-refractivity contribution < 1.29 is 9.53 Å². The number of aromatic nitrogens is 2. The Morgan fingerprint density at radius 3 is 2.62 bits per heavy atom. The van der Waals surface area contributed by atoms with E-state index in [0.29, 0.717) is 21.7 Å². The first-order chi connectivity index (χ1) is 14.1. The van der Waals surface area contributed by atoms with Crippen molar-refractivity contribution in [3.8, 4) is 16.2 Å². The van der Waals surface area contributed by atoms with Crippen molar-refractivity contribution in [1.82, 2.24) is 9.55 Å². The number of methoxy groups -OCH3 is 1. The molecule has 0 aliphatic heterocycles. The number of benzene rings is 2. The molecular weight excluding hydrogens is 386 g/mol. The molecule has 146 valence electrons. The lowest BCUT2D eigenvalue weighted by atomic mass is 10.2. The first-order valence-corrected chi connectivity index (χ1v) is 9.90. The molecule has 2 aromatic heterocycles. The van der Waals surface area contributed by atoms with Gasteiger partial charge in [-0.3, -0.25) is 14.2 Å². The number of nitrogens with zero attached hydrogens (tertiary/aromatic N) is 2. The highest BCUT2D eigenvalue weighted by Crippen LogP contribution is 2.31. The summed E-state index contributed by atoms with van der Waals surface area (Å²) in [5.74, 6) is 0.232. The fourth-order valence-electron chi connectivity index (χ4n) is 3.07. The normalized spacial score (nSPS) is 11.9. The summed E-state index contributed by atoms with van der Waals surface area (Å²) in [4.78, 5) is 31.8. The number of hydrogen-bond acceptors (Lipinski definition) is 5. The summed E-state index contributed by atoms with van der Waals surface area (Å²) in [7, 11) is 1.54. The summed E-state index contributed by atoms with van der Waals surface area (Å²) in [6.45, 7) is 1.67. The number of amides is 1. The topological polar surface area (TPSA) is 73.2 Å². The highest BCUT2D eigenvalue weighted by Gasteiger charge is 2.20. The number of nitrogens with one attached hydrogen (secondary N) is 1. The highest BCUT2D eigenvalue weighted by atomic mass is 32.1. The molecule has 7 heteroatoms. The molecule has 6 nitrogen and oxygen atoms in total. The van der Waals surface area contributed by atoms with Crippen LogP contribution in [0.3, 0.4) is 0 Å². The molecule has 4 aromatic rings. The summed E-state index contributed by atoms with van der Waals surface area (Å²) in [6, 6.07) is 18.1. The van der Waals surface area contributed by atoms with E-state index in [4.69, 9.17) is 4.74 Å². The van der Waals surface area contributed by atoms with E-state index in [1.54, 1.807) is 25.1 Å². The molecule has 1 amide bonds. The molecule has 1 unspecified atom stereocenters. The van der Waals surface area contributed by atoms with Gasteiger partial charge in [-0.2, -0.15) is 0 Å². The van der Waals surface area contributed by atoms with Gasteiger partial charge in [0.2, 0.25) is 5.91 Å². The van der Waals surface area contributed by atoms with Crippen LogP contribution in [0.25, 0.3) is 20.7 Å². The van der Waals surface area contributed by atoms with Crippen molar-refractivity contribution in [3.05, 3.63) is 77.3 Å². The molecule has 1 N–H and O–H groups in total. The zero-order chi connectivity index (χ0) is 20.4. The third-order valence-corrected chi connectivity index (χ3v) is 5.79. The van der Waals surface area contributed by atoms with Gasteiger partial charge in [0.15, 0.2) is 0 Å². The van der Waals surface area contributed by atoms with Crippen molar-refractivity contribution in [2.45, 2.75) is 13.0 Å². The maximum atomic E-state index is 13.0. The monoisotopic (exact) mass is 405 g/mol. The number of rotatable bonds is 5. The second kappa shape index (κ2) is 7.89. The molecule has 0 aliphatic carbocycles. The second-order valence-corrected chi connectivity index (χ2v) is 7.55. The molecule has 2 aromatic carbocycles. The summed E-state index contributed by atoms with van der Waals surface area (Å²) in [5, 5.41) is 3.32. The van der Waals surface area contributed by atoms with Crippen LogP contribution in [0, 0.1) is 0 Å². The van der Waals surface area contributed by atoms with Gasteiger partial charge in [-0.15, -0.1) is 11.3 Å². The van der Waals surface area contributed by atoms with Crippen molar-refractivity contribution in [2.24, 2.45) is 0 Å². The van der Waals surface area contributed by atoms with Gasteiger partial charge in [-0.25, -0.2) is 4.98 Å². The first-order valence-electron chi connectivity index (χ1n) is 9.08. The zero-order valence-corrected chi connectivity index (χ0v) is 16.8. The lowest BCUT2D eigenvalue weighted by Gasteiger charge is -2.16. The maximum absolute atomic E-state index is 13.0. The van der Waals surface area contributed by atoms with E-state index in [2.05, 4.69) is 10.3 Å². The van der Waals surface area contributed by atoms with Gasteiger partial charge >= 0.3 is 0 Å².